The van der Waals surface area contributed by atoms with Crippen LogP contribution in [-0.2, 0) is 46.4 Å². The number of cyclic esters (lactones) is 1. The molecule has 9 rings (SSSR count). The van der Waals surface area contributed by atoms with Crippen LogP contribution in [0.3, 0.4) is 0 Å². The van der Waals surface area contributed by atoms with E-state index in [-0.39, 0.29) is 37.3 Å². The molecular weight excluding hydrogens is 863 g/mol. The summed E-state index contributed by atoms with van der Waals surface area (Å²) in [7, 11) is 1.72. The lowest BCUT2D eigenvalue weighted by Gasteiger charge is -2.42. The highest BCUT2D eigenvalue weighted by Gasteiger charge is 2.55. The van der Waals surface area contributed by atoms with E-state index in [4.69, 9.17) is 19.2 Å². The lowest BCUT2D eigenvalue weighted by molar-refractivity contribution is -0.156. The molecule has 3 fully saturated rings. The van der Waals surface area contributed by atoms with E-state index in [0.717, 1.165) is 56.7 Å². The van der Waals surface area contributed by atoms with Crippen molar-refractivity contribution in [1.29, 1.82) is 0 Å². The summed E-state index contributed by atoms with van der Waals surface area (Å²) in [6.45, 7) is 17.7. The maximum absolute atomic E-state index is 14.9. The molecule has 5 aliphatic rings. The van der Waals surface area contributed by atoms with E-state index in [9.17, 15) is 24.0 Å². The number of nitrogens with zero attached hydrogens (tertiary/aromatic N) is 5. The number of ether oxygens (including phenoxy) is 3. The normalized spacial score (nSPS) is 25.4. The number of hydrogen-bond donors (Lipinski definition) is 2. The number of benzene rings is 2. The van der Waals surface area contributed by atoms with Crippen molar-refractivity contribution in [2.75, 3.05) is 39.9 Å². The van der Waals surface area contributed by atoms with Crippen molar-refractivity contribution in [1.82, 2.24) is 35.1 Å². The fourth-order valence-corrected chi connectivity index (χ4v) is 11.7. The number of esters is 1. The van der Waals surface area contributed by atoms with E-state index in [1.54, 1.807) is 23.1 Å². The second-order valence-electron chi connectivity index (χ2n) is 21.6. The highest BCUT2D eigenvalue weighted by Crippen LogP contribution is 2.57. The van der Waals surface area contributed by atoms with Crippen LogP contribution in [0, 0.1) is 16.7 Å². The van der Waals surface area contributed by atoms with E-state index in [1.807, 2.05) is 52.8 Å². The maximum atomic E-state index is 14.9. The molecule has 3 saturated heterocycles. The topological polar surface area (TPSA) is 165 Å². The Bertz CT molecular complexity index is 2650. The predicted molar refractivity (Wildman–Crippen MR) is 257 cm³/mol. The molecule has 15 nitrogen and oxygen atoms in total. The van der Waals surface area contributed by atoms with Crippen LogP contribution < -0.4 is 10.7 Å². The number of hydrogen-bond acceptors (Lipinski definition) is 10. The van der Waals surface area contributed by atoms with Gasteiger partial charge in [0.15, 0.2) is 0 Å². The van der Waals surface area contributed by atoms with Crippen molar-refractivity contribution in [3.63, 3.8) is 0 Å². The van der Waals surface area contributed by atoms with Crippen molar-refractivity contribution in [3.8, 4) is 22.4 Å². The molecule has 68 heavy (non-hydrogen) atoms. The van der Waals surface area contributed by atoms with Gasteiger partial charge >= 0.3 is 12.1 Å². The number of amides is 4. The van der Waals surface area contributed by atoms with Crippen molar-refractivity contribution in [3.05, 3.63) is 77.6 Å². The zero-order valence-corrected chi connectivity index (χ0v) is 41.0. The Morgan fingerprint density at radius 3 is 2.50 bits per heavy atom. The molecule has 1 spiro atoms. The van der Waals surface area contributed by atoms with E-state index in [2.05, 4.69) is 72.5 Å². The number of fused-ring (bicyclic) bond motifs is 8. The minimum Gasteiger partial charge on any atom is -0.464 e. The number of aryl methyl sites for hydroxylation is 1. The molecule has 6 bridgehead atoms. The minimum atomic E-state index is -1.05. The molecular formula is C53H67N7O8. The summed E-state index contributed by atoms with van der Waals surface area (Å²) in [5.74, 6) is -2.01. The monoisotopic (exact) mass is 930 g/mol. The van der Waals surface area contributed by atoms with Crippen LogP contribution in [0.15, 0.2) is 60.8 Å². The highest BCUT2D eigenvalue weighted by molar-refractivity contribution is 5.98. The number of hydrazine groups is 1. The average molecular weight is 930 g/mol. The molecule has 2 N–H and O–H groups in total. The number of nitrogens with one attached hydrogen (secondary N) is 2. The van der Waals surface area contributed by atoms with Gasteiger partial charge in [0.2, 0.25) is 11.8 Å². The Balaban J connectivity index is 1.08. The summed E-state index contributed by atoms with van der Waals surface area (Å²) in [4.78, 5) is 79.4. The Morgan fingerprint density at radius 1 is 1.00 bits per heavy atom. The number of pyridine rings is 1. The first-order valence-electron chi connectivity index (χ1n) is 24.4. The third-order valence-corrected chi connectivity index (χ3v) is 14.9. The van der Waals surface area contributed by atoms with Gasteiger partial charge in [-0.3, -0.25) is 29.2 Å². The number of carbonyl (C=O) groups is 5. The van der Waals surface area contributed by atoms with Crippen LogP contribution in [0.2, 0.25) is 0 Å². The van der Waals surface area contributed by atoms with Gasteiger partial charge in [0.25, 0.3) is 5.91 Å². The van der Waals surface area contributed by atoms with E-state index < -0.39 is 64.5 Å². The number of carbonyl (C=O) groups excluding carboxylic acids is 5. The average Bonchev–Trinajstić information content (AvgIpc) is 3.99. The Morgan fingerprint density at radius 2 is 1.76 bits per heavy atom. The molecule has 0 saturated carbocycles. The first-order chi connectivity index (χ1) is 32.3. The van der Waals surface area contributed by atoms with Crippen molar-refractivity contribution in [2.45, 2.75) is 130 Å². The standard InChI is InChI=1S/C53H67N7O8/c1-10-58-39-19-18-34-28-36(39)40-41(45(66-9)42-35(44(40)58)16-12-22-54-42)52(7,8)30-67-48(63)37-17-13-23-60(56-37)47(62)38(27-32-14-11-15-33(34)26-32)55-46(61)43(31(2)3)59-25-21-53(49(59)64)20-24-57(29-53)50(65)68-51(4,5)6/h11-12,14-16,18-19,22,26,28,31,37-38,41,43,45,56H,10,13,17,20-21,23-25,27,29-30H2,1-9H3,(H,55,61)/t37-,38-,41?,43-,45-,53-/m0/s1. The maximum Gasteiger partial charge on any atom is 0.410 e. The third kappa shape index (κ3) is 8.43. The second-order valence-corrected chi connectivity index (χ2v) is 21.6. The van der Waals surface area contributed by atoms with Gasteiger partial charge < -0.3 is 33.9 Å². The van der Waals surface area contributed by atoms with Gasteiger partial charge in [-0.1, -0.05) is 58.0 Å². The molecule has 4 amide bonds. The summed E-state index contributed by atoms with van der Waals surface area (Å²) in [5.41, 5.74) is 8.97. The second kappa shape index (κ2) is 17.9. The molecule has 6 heterocycles. The summed E-state index contributed by atoms with van der Waals surface area (Å²) >= 11 is 0. The van der Waals surface area contributed by atoms with Gasteiger partial charge in [-0.2, -0.15) is 0 Å². The van der Waals surface area contributed by atoms with Crippen LogP contribution in [0.1, 0.15) is 110 Å². The molecule has 6 atom stereocenters. The highest BCUT2D eigenvalue weighted by atomic mass is 16.6. The molecule has 4 aliphatic heterocycles. The molecule has 2 aromatic heterocycles. The number of rotatable bonds is 6. The van der Waals surface area contributed by atoms with E-state index in [0.29, 0.717) is 45.3 Å². The van der Waals surface area contributed by atoms with Crippen molar-refractivity contribution in [2.24, 2.45) is 16.7 Å². The number of likely N-dealkylation sites (tertiary alicyclic amines) is 2. The van der Waals surface area contributed by atoms with Crippen molar-refractivity contribution >= 4 is 40.7 Å². The Labute approximate surface area is 399 Å². The van der Waals surface area contributed by atoms with Gasteiger partial charge in [0, 0.05) is 80.3 Å². The van der Waals surface area contributed by atoms with Gasteiger partial charge in [-0.05, 0) is 106 Å². The molecule has 1 aliphatic carbocycles. The Hall–Kier alpha value is -5.80. The van der Waals surface area contributed by atoms with Gasteiger partial charge in [0.1, 0.15) is 29.8 Å². The molecule has 1 unspecified atom stereocenters. The third-order valence-electron chi connectivity index (χ3n) is 14.9. The number of methoxy groups -OCH3 is 1. The van der Waals surface area contributed by atoms with Gasteiger partial charge in [-0.25, -0.2) is 10.2 Å². The smallest absolute Gasteiger partial charge is 0.410 e. The zero-order chi connectivity index (χ0) is 48.4. The summed E-state index contributed by atoms with van der Waals surface area (Å²) < 4.78 is 20.6. The van der Waals surface area contributed by atoms with E-state index in [1.165, 1.54) is 5.01 Å². The number of aromatic nitrogens is 2. The van der Waals surface area contributed by atoms with Crippen molar-refractivity contribution < 1.29 is 38.2 Å². The van der Waals surface area contributed by atoms with Crippen LogP contribution >= 0.6 is 0 Å². The van der Waals surface area contributed by atoms with Gasteiger partial charge in [0.05, 0.1) is 23.4 Å². The quantitative estimate of drug-likeness (QED) is 0.190. The first-order valence-corrected chi connectivity index (χ1v) is 24.4. The van der Waals surface area contributed by atoms with Crippen LogP contribution in [0.25, 0.3) is 33.3 Å². The minimum absolute atomic E-state index is 0.0788. The SMILES string of the molecule is CCn1c2c3c4cc(ccc41)-c1cccc(c1)C[C@H](NC(=O)[C@H](C(C)C)N1CC[C@]4(CCN(C(=O)OC(C)(C)C)C4)C1=O)C(=O)N1CCC[C@H](N1)C(=O)OCC(C)(C)C3[C@H](OC)c1ncccc1-2. The fourth-order valence-electron chi connectivity index (χ4n) is 11.7. The Kier molecular flexibility index (Phi) is 12.5. The van der Waals surface area contributed by atoms with E-state index >= 15 is 0 Å². The lowest BCUT2D eigenvalue weighted by atomic mass is 9.67. The van der Waals surface area contributed by atoms with Gasteiger partial charge in [-0.15, -0.1) is 0 Å². The van der Waals surface area contributed by atoms with Crippen LogP contribution in [0.5, 0.6) is 0 Å². The fraction of sp³-hybridized carbons (Fsp3) is 0.547. The zero-order valence-electron chi connectivity index (χ0n) is 41.0. The molecule has 2 aromatic carbocycles. The summed E-state index contributed by atoms with van der Waals surface area (Å²) in [6.07, 6.45) is 3.05. The lowest BCUT2D eigenvalue weighted by Crippen LogP contribution is -2.62. The molecule has 4 aromatic rings. The molecule has 15 heteroatoms. The molecule has 362 valence electrons. The summed E-state index contributed by atoms with van der Waals surface area (Å²) in [5, 5.41) is 5.65. The van der Waals surface area contributed by atoms with Crippen LogP contribution in [0.4, 0.5) is 4.79 Å². The first kappa shape index (κ1) is 47.3. The molecule has 0 radical (unpaired) electrons. The predicted octanol–water partition coefficient (Wildman–Crippen LogP) is 7.16. The van der Waals surface area contributed by atoms with Crippen LogP contribution in [-0.4, -0.2) is 118 Å². The summed E-state index contributed by atoms with van der Waals surface area (Å²) in [6, 6.07) is 16.0. The largest absolute Gasteiger partial charge is 0.464 e.